The second-order valence-electron chi connectivity index (χ2n) is 5.61. The van der Waals surface area contributed by atoms with E-state index in [-0.39, 0.29) is 17.5 Å². The number of hydrogen-bond donors (Lipinski definition) is 0. The quantitative estimate of drug-likeness (QED) is 0.503. The zero-order valence-electron chi connectivity index (χ0n) is 13.7. The van der Waals surface area contributed by atoms with E-state index in [0.29, 0.717) is 48.2 Å². The number of carbonyl (C=O) groups excluding carboxylic acids is 1. The number of thioether (sulfide) groups is 1. The molecule has 1 fully saturated rings. The lowest BCUT2D eigenvalue weighted by molar-refractivity contribution is -0.132. The predicted molar refractivity (Wildman–Crippen MR) is 92.5 cm³/mol. The molecule has 1 amide bonds. The topological polar surface area (TPSA) is 86.0 Å². The molecule has 1 saturated heterocycles. The Labute approximate surface area is 152 Å². The summed E-state index contributed by atoms with van der Waals surface area (Å²) in [5.74, 6) is -0.0307. The predicted octanol–water partition coefficient (Wildman–Crippen LogP) is 1.30. The van der Waals surface area contributed by atoms with Crippen molar-refractivity contribution in [3.05, 3.63) is 36.4 Å². The molecule has 3 aromatic rings. The molecule has 10 heteroatoms. The minimum absolute atomic E-state index is 0.0380. The van der Waals surface area contributed by atoms with Crippen LogP contribution in [0.1, 0.15) is 0 Å². The summed E-state index contributed by atoms with van der Waals surface area (Å²) >= 11 is 1.30. The Morgan fingerprint density at radius 3 is 2.73 bits per heavy atom. The normalized spacial score (nSPS) is 14.7. The Hall–Kier alpha value is -2.59. The highest BCUT2D eigenvalue weighted by atomic mass is 32.2. The first-order chi connectivity index (χ1) is 12.7. The molecule has 134 valence electrons. The van der Waals surface area contributed by atoms with Crippen LogP contribution in [0.4, 0.5) is 4.39 Å². The van der Waals surface area contributed by atoms with Crippen molar-refractivity contribution in [2.45, 2.75) is 5.03 Å². The minimum atomic E-state index is -0.328. The first-order valence-corrected chi connectivity index (χ1v) is 9.01. The van der Waals surface area contributed by atoms with Gasteiger partial charge < -0.3 is 9.64 Å². The molecule has 0 saturated carbocycles. The molecule has 0 spiro atoms. The van der Waals surface area contributed by atoms with Gasteiger partial charge in [0.15, 0.2) is 11.2 Å². The summed E-state index contributed by atoms with van der Waals surface area (Å²) in [7, 11) is 0. The first-order valence-electron chi connectivity index (χ1n) is 8.03. The number of benzene rings is 1. The van der Waals surface area contributed by atoms with E-state index in [1.54, 1.807) is 17.0 Å². The highest BCUT2D eigenvalue weighted by Gasteiger charge is 2.19. The van der Waals surface area contributed by atoms with E-state index in [1.807, 2.05) is 0 Å². The summed E-state index contributed by atoms with van der Waals surface area (Å²) in [5, 5.41) is 8.81. The largest absolute Gasteiger partial charge is 0.378 e. The fraction of sp³-hybridized carbons (Fsp3) is 0.312. The van der Waals surface area contributed by atoms with Gasteiger partial charge in [-0.3, -0.25) is 4.79 Å². The van der Waals surface area contributed by atoms with E-state index in [1.165, 1.54) is 34.9 Å². The molecule has 1 aromatic carbocycles. The Kier molecular flexibility index (Phi) is 4.76. The third kappa shape index (κ3) is 3.37. The number of rotatable bonds is 4. The molecular weight excluding hydrogens is 359 g/mol. The number of aromatic nitrogens is 5. The SMILES string of the molecule is O=C(CSc1ncnc2c1nnn2-c1ccc(F)cc1)N1CCOCC1. The maximum absolute atomic E-state index is 13.1. The lowest BCUT2D eigenvalue weighted by Crippen LogP contribution is -2.41. The van der Waals surface area contributed by atoms with E-state index in [0.717, 1.165) is 0 Å². The van der Waals surface area contributed by atoms with Crippen LogP contribution in [0.15, 0.2) is 35.6 Å². The van der Waals surface area contributed by atoms with Crippen LogP contribution in [0, 0.1) is 5.82 Å². The molecule has 0 aliphatic carbocycles. The zero-order valence-corrected chi connectivity index (χ0v) is 14.5. The number of fused-ring (bicyclic) bond motifs is 1. The standard InChI is InChI=1S/C16H15FN6O2S/c17-11-1-3-12(4-2-11)23-15-14(20-21-23)16(19-10-18-15)26-9-13(24)22-5-7-25-8-6-22/h1-4,10H,5-9H2. The molecule has 1 aliphatic rings. The number of ether oxygens (including phenoxy) is 1. The van der Waals surface area contributed by atoms with E-state index in [9.17, 15) is 9.18 Å². The molecular formula is C16H15FN6O2S. The molecule has 4 rings (SSSR count). The van der Waals surface area contributed by atoms with Crippen LogP contribution in [-0.4, -0.2) is 67.8 Å². The summed E-state index contributed by atoms with van der Waals surface area (Å²) < 4.78 is 19.9. The van der Waals surface area contributed by atoms with Gasteiger partial charge in [-0.05, 0) is 24.3 Å². The van der Waals surface area contributed by atoms with Crippen molar-refractivity contribution in [3.8, 4) is 5.69 Å². The minimum Gasteiger partial charge on any atom is -0.378 e. The van der Waals surface area contributed by atoms with Crippen LogP contribution in [0.25, 0.3) is 16.9 Å². The van der Waals surface area contributed by atoms with Gasteiger partial charge in [0, 0.05) is 13.1 Å². The third-order valence-electron chi connectivity index (χ3n) is 3.97. The van der Waals surface area contributed by atoms with Gasteiger partial charge in [-0.25, -0.2) is 14.4 Å². The van der Waals surface area contributed by atoms with Crippen molar-refractivity contribution in [2.75, 3.05) is 32.1 Å². The van der Waals surface area contributed by atoms with Crippen LogP contribution >= 0.6 is 11.8 Å². The van der Waals surface area contributed by atoms with Crippen LogP contribution in [-0.2, 0) is 9.53 Å². The van der Waals surface area contributed by atoms with Crippen molar-refractivity contribution in [1.29, 1.82) is 0 Å². The molecule has 0 radical (unpaired) electrons. The monoisotopic (exact) mass is 374 g/mol. The Balaban J connectivity index is 1.55. The molecule has 8 nitrogen and oxygen atoms in total. The lowest BCUT2D eigenvalue weighted by Gasteiger charge is -2.26. The van der Waals surface area contributed by atoms with Crippen LogP contribution in [0.2, 0.25) is 0 Å². The van der Waals surface area contributed by atoms with Crippen molar-refractivity contribution in [1.82, 2.24) is 29.9 Å². The van der Waals surface area contributed by atoms with Gasteiger partial charge in [0.1, 0.15) is 17.2 Å². The fourth-order valence-corrected chi connectivity index (χ4v) is 3.46. The number of morpholine rings is 1. The molecule has 0 atom stereocenters. The van der Waals surface area contributed by atoms with E-state index < -0.39 is 0 Å². The van der Waals surface area contributed by atoms with Gasteiger partial charge in [-0.15, -0.1) is 5.10 Å². The Morgan fingerprint density at radius 2 is 1.96 bits per heavy atom. The van der Waals surface area contributed by atoms with Crippen molar-refractivity contribution < 1.29 is 13.9 Å². The lowest BCUT2D eigenvalue weighted by atomic mass is 10.3. The van der Waals surface area contributed by atoms with Crippen molar-refractivity contribution in [2.24, 2.45) is 0 Å². The zero-order chi connectivity index (χ0) is 17.9. The second-order valence-corrected chi connectivity index (χ2v) is 6.57. The van der Waals surface area contributed by atoms with Gasteiger partial charge in [-0.1, -0.05) is 17.0 Å². The van der Waals surface area contributed by atoms with Crippen LogP contribution in [0.5, 0.6) is 0 Å². The molecule has 3 heterocycles. The number of carbonyl (C=O) groups is 1. The Bertz CT molecular complexity index is 926. The summed E-state index contributed by atoms with van der Waals surface area (Å²) in [4.78, 5) is 22.5. The average molecular weight is 374 g/mol. The van der Waals surface area contributed by atoms with E-state index >= 15 is 0 Å². The molecule has 0 bridgehead atoms. The van der Waals surface area contributed by atoms with Gasteiger partial charge in [0.25, 0.3) is 0 Å². The Morgan fingerprint density at radius 1 is 1.19 bits per heavy atom. The average Bonchev–Trinajstić information content (AvgIpc) is 3.12. The molecule has 0 unspecified atom stereocenters. The van der Waals surface area contributed by atoms with Crippen molar-refractivity contribution in [3.63, 3.8) is 0 Å². The fourth-order valence-electron chi connectivity index (χ4n) is 2.62. The van der Waals surface area contributed by atoms with Crippen molar-refractivity contribution >= 4 is 28.8 Å². The van der Waals surface area contributed by atoms with Crippen LogP contribution in [0.3, 0.4) is 0 Å². The van der Waals surface area contributed by atoms with E-state index in [4.69, 9.17) is 4.74 Å². The number of hydrogen-bond acceptors (Lipinski definition) is 7. The number of amides is 1. The maximum atomic E-state index is 13.1. The van der Waals surface area contributed by atoms with Gasteiger partial charge >= 0.3 is 0 Å². The smallest absolute Gasteiger partial charge is 0.233 e. The number of halogens is 1. The van der Waals surface area contributed by atoms with Gasteiger partial charge in [0.2, 0.25) is 5.91 Å². The summed E-state index contributed by atoms with van der Waals surface area (Å²) in [6.07, 6.45) is 1.41. The van der Waals surface area contributed by atoms with Gasteiger partial charge in [0.05, 0.1) is 24.7 Å². The first kappa shape index (κ1) is 16.9. The van der Waals surface area contributed by atoms with E-state index in [2.05, 4.69) is 20.3 Å². The second kappa shape index (κ2) is 7.34. The third-order valence-corrected chi connectivity index (χ3v) is 4.94. The summed E-state index contributed by atoms with van der Waals surface area (Å²) in [6.45, 7) is 2.36. The van der Waals surface area contributed by atoms with Gasteiger partial charge in [-0.2, -0.15) is 4.68 Å². The summed E-state index contributed by atoms with van der Waals surface area (Å²) in [5.41, 5.74) is 1.66. The molecule has 0 N–H and O–H groups in total. The maximum Gasteiger partial charge on any atom is 0.233 e. The summed E-state index contributed by atoms with van der Waals surface area (Å²) in [6, 6.07) is 5.89. The highest BCUT2D eigenvalue weighted by Crippen LogP contribution is 2.24. The molecule has 26 heavy (non-hydrogen) atoms. The highest BCUT2D eigenvalue weighted by molar-refractivity contribution is 8.00. The molecule has 1 aliphatic heterocycles. The van der Waals surface area contributed by atoms with Crippen LogP contribution < -0.4 is 0 Å². The number of nitrogens with zero attached hydrogens (tertiary/aromatic N) is 6. The molecule has 2 aromatic heterocycles.